The zero-order valence-electron chi connectivity index (χ0n) is 5.08. The second-order valence-electron chi connectivity index (χ2n) is 1.90. The van der Waals surface area contributed by atoms with Crippen LogP contribution in [0.5, 0.6) is 0 Å². The number of hydrogen-bond donors (Lipinski definition) is 1. The molecule has 0 aromatic carbocycles. The van der Waals surface area contributed by atoms with E-state index < -0.39 is 12.0 Å². The number of carboxylic acid groups (broad SMARTS) is 1. The Morgan fingerprint density at radius 3 is 2.56 bits per heavy atom. The molecular weight excluding hydrogens is 333 g/mol. The molecule has 1 aliphatic rings. The minimum absolute atomic E-state index is 0. The molecule has 1 atom stereocenters. The second kappa shape index (κ2) is 4.65. The first kappa shape index (κ1) is 9.87. The molecule has 0 amide bonds. The molecule has 1 N–H and O–H groups in total. The Labute approximate surface area is 89.8 Å². The van der Waals surface area contributed by atoms with Gasteiger partial charge in [-0.3, -0.25) is 4.79 Å². The first-order valence-electron chi connectivity index (χ1n) is 2.70. The van der Waals surface area contributed by atoms with E-state index in [1.807, 2.05) is 0 Å². The molecule has 0 aromatic heterocycles. The van der Waals surface area contributed by atoms with E-state index in [1.165, 1.54) is 0 Å². The van der Waals surface area contributed by atoms with Crippen molar-refractivity contribution in [3.05, 3.63) is 5.32 Å². The van der Waals surface area contributed by atoms with Gasteiger partial charge in [-0.05, 0) is 6.04 Å². The largest absolute Gasteiger partial charge is 0.650 e. The van der Waals surface area contributed by atoms with Gasteiger partial charge in [-0.1, -0.05) is 12.8 Å². The maximum atomic E-state index is 10.1. The molecular formula is C5H8AcNO2-. The van der Waals surface area contributed by atoms with Gasteiger partial charge in [0.25, 0.3) is 5.97 Å². The van der Waals surface area contributed by atoms with Gasteiger partial charge in [0, 0.05) is 44.1 Å². The summed E-state index contributed by atoms with van der Waals surface area (Å²) in [7, 11) is 0. The van der Waals surface area contributed by atoms with Gasteiger partial charge in [0.2, 0.25) is 0 Å². The van der Waals surface area contributed by atoms with Gasteiger partial charge >= 0.3 is 0 Å². The fraction of sp³-hybridized carbons (Fsp3) is 0.800. The molecule has 0 aromatic rings. The Kier molecular flexibility index (Phi) is 5.10. The quantitative estimate of drug-likeness (QED) is 0.760. The Morgan fingerprint density at radius 2 is 2.33 bits per heavy atom. The monoisotopic (exact) mass is 341 g/mol. The van der Waals surface area contributed by atoms with Crippen molar-refractivity contribution in [2.45, 2.75) is 18.9 Å². The summed E-state index contributed by atoms with van der Waals surface area (Å²) >= 11 is 0. The summed E-state index contributed by atoms with van der Waals surface area (Å²) < 4.78 is 0. The molecule has 49 valence electrons. The number of carbonyl (C=O) groups is 1. The molecule has 9 heavy (non-hydrogen) atoms. The Hall–Kier alpha value is 0.872. The van der Waals surface area contributed by atoms with E-state index in [9.17, 15) is 4.79 Å². The standard InChI is InChI=1S/C5H8NO2.Ac/c7-5(8)4-2-1-3-6-4;/h4H,1-3H2,(H,7,8);/q-1;/t4-;/m0./s1. The van der Waals surface area contributed by atoms with Crippen LogP contribution in [-0.4, -0.2) is 23.7 Å². The Balaban J connectivity index is 0.000000640. The third kappa shape index (κ3) is 2.97. The number of nitrogens with zero attached hydrogens (tertiary/aromatic N) is 1. The maximum Gasteiger partial charge on any atom is 0.285 e. The zero-order chi connectivity index (χ0) is 5.98. The van der Waals surface area contributed by atoms with Gasteiger partial charge in [0.1, 0.15) is 0 Å². The smallest absolute Gasteiger partial charge is 0.285 e. The number of rotatable bonds is 1. The number of carboxylic acids is 1. The molecule has 0 spiro atoms. The first-order valence-corrected chi connectivity index (χ1v) is 2.70. The zero-order valence-corrected chi connectivity index (χ0v) is 9.82. The van der Waals surface area contributed by atoms with Gasteiger partial charge < -0.3 is 10.4 Å². The second-order valence-corrected chi connectivity index (χ2v) is 1.90. The van der Waals surface area contributed by atoms with Gasteiger partial charge in [-0.15, -0.1) is 6.54 Å². The molecule has 1 saturated heterocycles. The summed E-state index contributed by atoms with van der Waals surface area (Å²) in [5, 5.41) is 12.2. The molecule has 4 heteroatoms. The van der Waals surface area contributed by atoms with Crippen LogP contribution in [-0.2, 0) is 4.79 Å². The van der Waals surface area contributed by atoms with E-state index in [-0.39, 0.29) is 44.1 Å². The van der Waals surface area contributed by atoms with Crippen LogP contribution in [0.1, 0.15) is 12.8 Å². The van der Waals surface area contributed by atoms with Crippen LogP contribution >= 0.6 is 0 Å². The van der Waals surface area contributed by atoms with Gasteiger partial charge in [-0.25, -0.2) is 0 Å². The molecule has 1 radical (unpaired) electrons. The third-order valence-corrected chi connectivity index (χ3v) is 1.27. The number of aliphatic carboxylic acids is 1. The third-order valence-electron chi connectivity index (χ3n) is 1.27. The van der Waals surface area contributed by atoms with E-state index in [2.05, 4.69) is 5.32 Å². The van der Waals surface area contributed by atoms with Crippen molar-refractivity contribution in [3.63, 3.8) is 0 Å². The van der Waals surface area contributed by atoms with Crippen LogP contribution in [0.2, 0.25) is 0 Å². The topological polar surface area (TPSA) is 51.4 Å². The molecule has 3 nitrogen and oxygen atoms in total. The predicted octanol–water partition coefficient (Wildman–Crippen LogP) is 0.607. The van der Waals surface area contributed by atoms with Crippen molar-refractivity contribution in [2.24, 2.45) is 0 Å². The number of hydrogen-bond acceptors (Lipinski definition) is 1. The summed E-state index contributed by atoms with van der Waals surface area (Å²) in [5.74, 6) is -0.775. The average Bonchev–Trinajstić information content (AvgIpc) is 2.12. The van der Waals surface area contributed by atoms with Crippen molar-refractivity contribution in [3.8, 4) is 0 Å². The van der Waals surface area contributed by atoms with Crippen LogP contribution in [0.4, 0.5) is 0 Å². The molecule has 0 aliphatic carbocycles. The molecule has 0 saturated carbocycles. The van der Waals surface area contributed by atoms with Gasteiger partial charge in [0.05, 0.1) is 0 Å². The minimum Gasteiger partial charge on any atom is -0.650 e. The van der Waals surface area contributed by atoms with Crippen molar-refractivity contribution < 1.29 is 54.0 Å². The van der Waals surface area contributed by atoms with Crippen LogP contribution in [0, 0.1) is 44.1 Å². The van der Waals surface area contributed by atoms with Gasteiger partial charge in [0.15, 0.2) is 0 Å². The predicted molar refractivity (Wildman–Crippen MR) is 28.9 cm³/mol. The van der Waals surface area contributed by atoms with Crippen LogP contribution in [0.15, 0.2) is 0 Å². The fourth-order valence-corrected chi connectivity index (χ4v) is 0.825. The van der Waals surface area contributed by atoms with Crippen molar-refractivity contribution in [2.75, 3.05) is 6.54 Å². The van der Waals surface area contributed by atoms with Gasteiger partial charge in [-0.2, -0.15) is 0 Å². The SMILES string of the molecule is O=C(O)[C@@H]1CCC[N-]1.[Ac]. The maximum absolute atomic E-state index is 10.1. The Morgan fingerprint density at radius 1 is 1.67 bits per heavy atom. The van der Waals surface area contributed by atoms with Crippen LogP contribution in [0.3, 0.4) is 0 Å². The van der Waals surface area contributed by atoms with E-state index in [4.69, 9.17) is 5.11 Å². The molecule has 1 rings (SSSR count). The van der Waals surface area contributed by atoms with E-state index >= 15 is 0 Å². The van der Waals surface area contributed by atoms with E-state index in [0.717, 1.165) is 19.4 Å². The summed E-state index contributed by atoms with van der Waals surface area (Å²) in [6.07, 6.45) is 1.67. The van der Waals surface area contributed by atoms with Crippen LogP contribution in [0.25, 0.3) is 5.32 Å². The molecule has 1 aliphatic heterocycles. The summed E-state index contributed by atoms with van der Waals surface area (Å²) in [6, 6.07) is -0.394. The Bertz CT molecular complexity index is 101. The summed E-state index contributed by atoms with van der Waals surface area (Å²) in [4.78, 5) is 10.1. The van der Waals surface area contributed by atoms with E-state index in [0.29, 0.717) is 0 Å². The van der Waals surface area contributed by atoms with Crippen molar-refractivity contribution >= 4 is 5.97 Å². The van der Waals surface area contributed by atoms with Crippen molar-refractivity contribution in [1.82, 2.24) is 0 Å². The first-order chi connectivity index (χ1) is 3.80. The van der Waals surface area contributed by atoms with Crippen LogP contribution < -0.4 is 0 Å². The normalized spacial score (nSPS) is 25.1. The average molecular weight is 341 g/mol. The minimum atomic E-state index is -0.775. The summed E-state index contributed by atoms with van der Waals surface area (Å²) in [6.45, 7) is 0.733. The molecule has 0 unspecified atom stereocenters. The molecule has 0 bridgehead atoms. The van der Waals surface area contributed by atoms with E-state index in [1.54, 1.807) is 0 Å². The van der Waals surface area contributed by atoms with Crippen molar-refractivity contribution in [1.29, 1.82) is 0 Å². The molecule has 1 fully saturated rings. The fourth-order valence-electron chi connectivity index (χ4n) is 0.825. The molecule has 1 heterocycles. The summed E-state index contributed by atoms with van der Waals surface area (Å²) in [5.41, 5.74) is 0.